The van der Waals surface area contributed by atoms with Gasteiger partial charge in [0, 0.05) is 5.69 Å². The number of amides is 1. The van der Waals surface area contributed by atoms with Gasteiger partial charge in [0.15, 0.2) is 0 Å². The molecule has 0 radical (unpaired) electrons. The summed E-state index contributed by atoms with van der Waals surface area (Å²) in [5, 5.41) is 6.00. The summed E-state index contributed by atoms with van der Waals surface area (Å²) in [7, 11) is 1.56. The number of hydrogen-bond donors (Lipinski definition) is 4. The standard InChI is InChI=1S/C18H20N4O3/c1-10-4-7-16(25-3)15(8-10)20-17(23)11(2)19-12-5-6-13-14(9-12)22-18(24)21-13/h4-9,11,19H,1-3H3,(H,20,23)(H2,21,22,24)/t11-/m0/s1. The smallest absolute Gasteiger partial charge is 0.323 e. The lowest BCUT2D eigenvalue weighted by Gasteiger charge is -2.17. The Labute approximate surface area is 144 Å². The van der Waals surface area contributed by atoms with Crippen LogP contribution in [0.2, 0.25) is 0 Å². The third kappa shape index (κ3) is 3.65. The molecule has 0 fully saturated rings. The van der Waals surface area contributed by atoms with E-state index in [2.05, 4.69) is 20.6 Å². The SMILES string of the molecule is COc1ccc(C)cc1NC(=O)[C@H](C)Nc1ccc2[nH]c(=O)[nH]c2c1. The van der Waals surface area contributed by atoms with Crippen molar-refractivity contribution >= 4 is 28.3 Å². The highest BCUT2D eigenvalue weighted by Gasteiger charge is 2.15. The maximum atomic E-state index is 12.5. The van der Waals surface area contributed by atoms with Crippen molar-refractivity contribution in [3.63, 3.8) is 0 Å². The van der Waals surface area contributed by atoms with Crippen LogP contribution in [0.1, 0.15) is 12.5 Å². The van der Waals surface area contributed by atoms with Gasteiger partial charge in [-0.3, -0.25) is 4.79 Å². The molecule has 3 aromatic rings. The van der Waals surface area contributed by atoms with Crippen LogP contribution in [0.25, 0.3) is 11.0 Å². The first-order valence-electron chi connectivity index (χ1n) is 7.90. The van der Waals surface area contributed by atoms with E-state index in [1.807, 2.05) is 31.2 Å². The Balaban J connectivity index is 1.73. The van der Waals surface area contributed by atoms with Crippen LogP contribution in [0.5, 0.6) is 5.75 Å². The van der Waals surface area contributed by atoms with Crippen molar-refractivity contribution in [3.8, 4) is 5.75 Å². The number of rotatable bonds is 5. The second kappa shape index (κ2) is 6.72. The minimum Gasteiger partial charge on any atom is -0.495 e. The van der Waals surface area contributed by atoms with E-state index < -0.39 is 6.04 Å². The quantitative estimate of drug-likeness (QED) is 0.574. The summed E-state index contributed by atoms with van der Waals surface area (Å²) in [6.07, 6.45) is 0. The molecule has 0 aliphatic rings. The Hall–Kier alpha value is -3.22. The van der Waals surface area contributed by atoms with E-state index in [-0.39, 0.29) is 11.6 Å². The lowest BCUT2D eigenvalue weighted by atomic mass is 10.2. The van der Waals surface area contributed by atoms with Gasteiger partial charge in [0.1, 0.15) is 11.8 Å². The van der Waals surface area contributed by atoms with Crippen molar-refractivity contribution in [1.29, 1.82) is 0 Å². The second-order valence-corrected chi connectivity index (χ2v) is 5.90. The van der Waals surface area contributed by atoms with Crippen LogP contribution < -0.4 is 21.1 Å². The van der Waals surface area contributed by atoms with E-state index in [0.29, 0.717) is 17.0 Å². The zero-order valence-corrected chi connectivity index (χ0v) is 14.3. The number of methoxy groups -OCH3 is 1. The molecule has 7 heteroatoms. The van der Waals surface area contributed by atoms with Crippen LogP contribution in [0, 0.1) is 6.92 Å². The second-order valence-electron chi connectivity index (χ2n) is 5.90. The monoisotopic (exact) mass is 340 g/mol. The number of fused-ring (bicyclic) bond motifs is 1. The predicted molar refractivity (Wildman–Crippen MR) is 98.4 cm³/mol. The molecule has 0 saturated carbocycles. The molecular formula is C18H20N4O3. The van der Waals surface area contributed by atoms with Gasteiger partial charge >= 0.3 is 5.69 Å². The van der Waals surface area contributed by atoms with Gasteiger partial charge in [0.2, 0.25) is 5.91 Å². The molecule has 25 heavy (non-hydrogen) atoms. The van der Waals surface area contributed by atoms with Gasteiger partial charge < -0.3 is 25.3 Å². The Morgan fingerprint density at radius 1 is 1.12 bits per heavy atom. The molecular weight excluding hydrogens is 320 g/mol. The molecule has 0 unspecified atom stereocenters. The van der Waals surface area contributed by atoms with Gasteiger partial charge in [-0.05, 0) is 49.7 Å². The van der Waals surface area contributed by atoms with E-state index in [4.69, 9.17) is 4.74 Å². The number of hydrogen-bond acceptors (Lipinski definition) is 4. The van der Waals surface area contributed by atoms with E-state index in [1.165, 1.54) is 0 Å². The topological polar surface area (TPSA) is 99.0 Å². The van der Waals surface area contributed by atoms with Crippen molar-refractivity contribution in [2.45, 2.75) is 19.9 Å². The first-order valence-corrected chi connectivity index (χ1v) is 7.90. The number of aromatic nitrogens is 2. The Kier molecular flexibility index (Phi) is 4.47. The number of benzene rings is 2. The number of H-pyrrole nitrogens is 2. The number of carbonyl (C=O) groups excluding carboxylic acids is 1. The van der Waals surface area contributed by atoms with Crippen LogP contribution in [0.3, 0.4) is 0 Å². The number of anilines is 2. The minimum atomic E-state index is -0.478. The first-order chi connectivity index (χ1) is 12.0. The first kappa shape index (κ1) is 16.6. The fourth-order valence-corrected chi connectivity index (χ4v) is 2.60. The average molecular weight is 340 g/mol. The molecule has 4 N–H and O–H groups in total. The summed E-state index contributed by atoms with van der Waals surface area (Å²) in [6, 6.07) is 10.5. The maximum Gasteiger partial charge on any atom is 0.323 e. The van der Waals surface area contributed by atoms with Crippen molar-refractivity contribution in [1.82, 2.24) is 9.97 Å². The van der Waals surface area contributed by atoms with Gasteiger partial charge in [0.05, 0.1) is 23.8 Å². The number of ether oxygens (including phenoxy) is 1. The summed E-state index contributed by atoms with van der Waals surface area (Å²) in [5.74, 6) is 0.420. The molecule has 1 amide bonds. The van der Waals surface area contributed by atoms with Gasteiger partial charge in [-0.25, -0.2) is 4.79 Å². The third-order valence-corrected chi connectivity index (χ3v) is 3.91. The molecule has 130 valence electrons. The molecule has 3 rings (SSSR count). The van der Waals surface area contributed by atoms with Crippen molar-refractivity contribution < 1.29 is 9.53 Å². The van der Waals surface area contributed by atoms with E-state index in [1.54, 1.807) is 26.2 Å². The van der Waals surface area contributed by atoms with Crippen LogP contribution >= 0.6 is 0 Å². The van der Waals surface area contributed by atoms with Crippen molar-refractivity contribution in [2.75, 3.05) is 17.7 Å². The zero-order valence-electron chi connectivity index (χ0n) is 14.3. The molecule has 7 nitrogen and oxygen atoms in total. The molecule has 0 aliphatic heterocycles. The highest BCUT2D eigenvalue weighted by molar-refractivity contribution is 5.97. The Morgan fingerprint density at radius 3 is 2.64 bits per heavy atom. The lowest BCUT2D eigenvalue weighted by Crippen LogP contribution is -2.32. The molecule has 0 spiro atoms. The van der Waals surface area contributed by atoms with Gasteiger partial charge in [0.25, 0.3) is 0 Å². The number of imidazole rings is 1. The number of nitrogens with one attached hydrogen (secondary N) is 4. The molecule has 0 bridgehead atoms. The predicted octanol–water partition coefficient (Wildman–Crippen LogP) is 2.61. The number of aromatic amines is 2. The Bertz CT molecular complexity index is 974. The highest BCUT2D eigenvalue weighted by Crippen LogP contribution is 2.25. The summed E-state index contributed by atoms with van der Waals surface area (Å²) >= 11 is 0. The summed E-state index contributed by atoms with van der Waals surface area (Å²) in [6.45, 7) is 3.71. The van der Waals surface area contributed by atoms with E-state index in [0.717, 1.165) is 16.8 Å². The number of aryl methyl sites for hydroxylation is 1. The average Bonchev–Trinajstić information content (AvgIpc) is 2.94. The molecule has 1 heterocycles. The summed E-state index contributed by atoms with van der Waals surface area (Å²) in [4.78, 5) is 29.2. The van der Waals surface area contributed by atoms with Crippen molar-refractivity contribution in [2.24, 2.45) is 0 Å². The third-order valence-electron chi connectivity index (χ3n) is 3.91. The summed E-state index contributed by atoms with van der Waals surface area (Å²) in [5.41, 5.74) is 3.54. The van der Waals surface area contributed by atoms with Crippen molar-refractivity contribution in [3.05, 3.63) is 52.4 Å². The zero-order chi connectivity index (χ0) is 18.0. The summed E-state index contributed by atoms with van der Waals surface area (Å²) < 4.78 is 5.28. The molecule has 1 aromatic heterocycles. The largest absolute Gasteiger partial charge is 0.495 e. The normalized spacial score (nSPS) is 12.0. The van der Waals surface area contributed by atoms with E-state index >= 15 is 0 Å². The Morgan fingerprint density at radius 2 is 1.88 bits per heavy atom. The van der Waals surface area contributed by atoms with Crippen LogP contribution in [0.4, 0.5) is 11.4 Å². The van der Waals surface area contributed by atoms with Crippen LogP contribution in [-0.4, -0.2) is 29.0 Å². The molecule has 0 aliphatic carbocycles. The molecule has 0 saturated heterocycles. The van der Waals surface area contributed by atoms with Gasteiger partial charge in [-0.15, -0.1) is 0 Å². The molecule has 1 atom stereocenters. The van der Waals surface area contributed by atoms with Crippen LogP contribution in [0.15, 0.2) is 41.2 Å². The maximum absolute atomic E-state index is 12.5. The highest BCUT2D eigenvalue weighted by atomic mass is 16.5. The minimum absolute atomic E-state index is 0.188. The van der Waals surface area contributed by atoms with Gasteiger partial charge in [-0.1, -0.05) is 6.07 Å². The van der Waals surface area contributed by atoms with Gasteiger partial charge in [-0.2, -0.15) is 0 Å². The fraction of sp³-hybridized carbons (Fsp3) is 0.222. The number of carbonyl (C=O) groups is 1. The van der Waals surface area contributed by atoms with E-state index in [9.17, 15) is 9.59 Å². The molecule has 2 aromatic carbocycles. The fourth-order valence-electron chi connectivity index (χ4n) is 2.60. The lowest BCUT2D eigenvalue weighted by molar-refractivity contribution is -0.116. The van der Waals surface area contributed by atoms with Crippen LogP contribution in [-0.2, 0) is 4.79 Å².